The first-order chi connectivity index (χ1) is 16.1. The molecule has 1 atom stereocenters. The van der Waals surface area contributed by atoms with Crippen LogP contribution in [0, 0.1) is 6.92 Å². The van der Waals surface area contributed by atoms with E-state index in [2.05, 4.69) is 11.6 Å². The first-order valence-electron chi connectivity index (χ1n) is 10.7. The molecule has 6 heteroatoms. The molecule has 0 saturated carbocycles. The van der Waals surface area contributed by atoms with E-state index in [1.54, 1.807) is 35.5 Å². The summed E-state index contributed by atoms with van der Waals surface area (Å²) in [6.07, 6.45) is 5.08. The topological polar surface area (TPSA) is 72.6 Å². The van der Waals surface area contributed by atoms with E-state index in [1.165, 1.54) is 0 Å². The minimum absolute atomic E-state index is 0.0947. The molecular weight excluding hydrogens is 416 g/mol. The Morgan fingerprint density at radius 1 is 1.15 bits per heavy atom. The first-order valence-corrected chi connectivity index (χ1v) is 10.7. The van der Waals surface area contributed by atoms with Crippen LogP contribution >= 0.6 is 0 Å². The molecule has 0 spiro atoms. The van der Waals surface area contributed by atoms with Crippen molar-refractivity contribution in [2.24, 2.45) is 0 Å². The van der Waals surface area contributed by atoms with Gasteiger partial charge >= 0.3 is 0 Å². The molecule has 0 fully saturated rings. The maximum Gasteiger partial charge on any atom is 0.291 e. The summed E-state index contributed by atoms with van der Waals surface area (Å²) in [5, 5.41) is 0.473. The van der Waals surface area contributed by atoms with E-state index in [1.807, 2.05) is 49.4 Å². The van der Waals surface area contributed by atoms with Crippen molar-refractivity contribution >= 4 is 16.9 Å². The molecule has 2 aromatic heterocycles. The van der Waals surface area contributed by atoms with Crippen molar-refractivity contribution in [3.63, 3.8) is 0 Å². The molecule has 33 heavy (non-hydrogen) atoms. The van der Waals surface area contributed by atoms with Crippen LogP contribution in [0.25, 0.3) is 11.0 Å². The van der Waals surface area contributed by atoms with E-state index in [0.29, 0.717) is 35.4 Å². The monoisotopic (exact) mass is 438 g/mol. The molecule has 164 valence electrons. The number of fused-ring (bicyclic) bond motifs is 2. The molecule has 0 saturated heterocycles. The Morgan fingerprint density at radius 3 is 2.70 bits per heavy atom. The van der Waals surface area contributed by atoms with E-state index in [4.69, 9.17) is 9.15 Å². The van der Waals surface area contributed by atoms with E-state index < -0.39 is 6.04 Å². The molecule has 0 aliphatic carbocycles. The van der Waals surface area contributed by atoms with Crippen LogP contribution in [0.1, 0.15) is 38.9 Å². The summed E-state index contributed by atoms with van der Waals surface area (Å²) in [7, 11) is 0. The number of carbonyl (C=O) groups excluding carboxylic acids is 1. The highest BCUT2D eigenvalue weighted by atomic mass is 16.5. The number of amides is 1. The summed E-state index contributed by atoms with van der Waals surface area (Å²) >= 11 is 0. The zero-order valence-corrected chi connectivity index (χ0v) is 18.2. The fourth-order valence-corrected chi connectivity index (χ4v) is 4.23. The standard InChI is InChI=1S/C27H22N2O4/c1-3-13-32-20-9-7-19(8-10-20)24-23-25(30)21-14-17(2)6-11-22(21)33-26(23)27(31)29(24)16-18-5-4-12-28-15-18/h3-12,14-15,24H,1,13,16H2,2H3/t24-/m0/s1. The summed E-state index contributed by atoms with van der Waals surface area (Å²) in [6, 6.07) is 16.0. The van der Waals surface area contributed by atoms with Gasteiger partial charge < -0.3 is 14.1 Å². The second kappa shape index (κ2) is 8.39. The van der Waals surface area contributed by atoms with Crippen LogP contribution in [0.2, 0.25) is 0 Å². The zero-order chi connectivity index (χ0) is 22.9. The minimum atomic E-state index is -0.581. The number of benzene rings is 2. The van der Waals surface area contributed by atoms with Gasteiger partial charge in [-0.25, -0.2) is 0 Å². The second-order valence-electron chi connectivity index (χ2n) is 8.04. The van der Waals surface area contributed by atoms with Gasteiger partial charge in [-0.2, -0.15) is 0 Å². The average molecular weight is 438 g/mol. The fourth-order valence-electron chi connectivity index (χ4n) is 4.23. The Bertz CT molecular complexity index is 1410. The molecule has 3 heterocycles. The molecule has 2 aromatic carbocycles. The maximum absolute atomic E-state index is 13.6. The molecule has 4 aromatic rings. The Hall–Kier alpha value is -4.19. The Morgan fingerprint density at radius 2 is 1.97 bits per heavy atom. The van der Waals surface area contributed by atoms with Crippen molar-refractivity contribution < 1.29 is 13.9 Å². The van der Waals surface area contributed by atoms with Crippen LogP contribution < -0.4 is 10.2 Å². The molecule has 0 radical (unpaired) electrons. The lowest BCUT2D eigenvalue weighted by Crippen LogP contribution is -2.29. The van der Waals surface area contributed by atoms with Crippen LogP contribution in [0.4, 0.5) is 0 Å². The SMILES string of the molecule is C=CCOc1ccc([C@H]2c3c(oc4ccc(C)cc4c3=O)C(=O)N2Cc2cccnc2)cc1. The largest absolute Gasteiger partial charge is 0.490 e. The number of ether oxygens (including phenoxy) is 1. The third-order valence-corrected chi connectivity index (χ3v) is 5.76. The molecule has 5 rings (SSSR count). The number of aromatic nitrogens is 1. The van der Waals surface area contributed by atoms with E-state index >= 15 is 0 Å². The molecule has 1 amide bonds. The third kappa shape index (κ3) is 3.69. The van der Waals surface area contributed by atoms with Gasteiger partial charge in [-0.05, 0) is 48.4 Å². The molecule has 1 aliphatic rings. The predicted molar refractivity (Wildman–Crippen MR) is 125 cm³/mol. The molecule has 0 unspecified atom stereocenters. The van der Waals surface area contributed by atoms with Crippen LogP contribution in [-0.2, 0) is 6.54 Å². The quantitative estimate of drug-likeness (QED) is 0.404. The van der Waals surface area contributed by atoms with Crippen LogP contribution in [0.5, 0.6) is 5.75 Å². The summed E-state index contributed by atoms with van der Waals surface area (Å²) < 4.78 is 11.6. The predicted octanol–water partition coefficient (Wildman–Crippen LogP) is 4.81. The minimum Gasteiger partial charge on any atom is -0.490 e. The van der Waals surface area contributed by atoms with Gasteiger partial charge in [-0.15, -0.1) is 0 Å². The summed E-state index contributed by atoms with van der Waals surface area (Å²) in [4.78, 5) is 32.9. The van der Waals surface area contributed by atoms with Crippen molar-refractivity contribution in [2.75, 3.05) is 6.61 Å². The maximum atomic E-state index is 13.6. The molecule has 0 N–H and O–H groups in total. The van der Waals surface area contributed by atoms with Gasteiger partial charge in [0.25, 0.3) is 5.91 Å². The molecule has 1 aliphatic heterocycles. The lowest BCUT2D eigenvalue weighted by atomic mass is 9.98. The number of hydrogen-bond donors (Lipinski definition) is 0. The Labute approximate surface area is 190 Å². The molecule has 6 nitrogen and oxygen atoms in total. The van der Waals surface area contributed by atoms with Crippen LogP contribution in [0.15, 0.2) is 88.9 Å². The van der Waals surface area contributed by atoms with Crippen LogP contribution in [0.3, 0.4) is 0 Å². The van der Waals surface area contributed by atoms with E-state index in [0.717, 1.165) is 16.7 Å². The first kappa shape index (κ1) is 20.7. The highest BCUT2D eigenvalue weighted by Crippen LogP contribution is 2.39. The van der Waals surface area contributed by atoms with Crippen molar-refractivity contribution in [1.29, 1.82) is 0 Å². The van der Waals surface area contributed by atoms with Crippen molar-refractivity contribution in [1.82, 2.24) is 9.88 Å². The van der Waals surface area contributed by atoms with E-state index in [9.17, 15) is 9.59 Å². The van der Waals surface area contributed by atoms with Gasteiger partial charge in [0.15, 0.2) is 5.43 Å². The molecule has 0 bridgehead atoms. The van der Waals surface area contributed by atoms with E-state index in [-0.39, 0.29) is 17.1 Å². The number of carbonyl (C=O) groups is 1. The number of hydrogen-bond acceptors (Lipinski definition) is 5. The van der Waals surface area contributed by atoms with Gasteiger partial charge in [-0.1, -0.05) is 42.5 Å². The van der Waals surface area contributed by atoms with Crippen molar-refractivity contribution in [3.8, 4) is 5.75 Å². The Balaban J connectivity index is 1.66. The van der Waals surface area contributed by atoms with Gasteiger partial charge in [0.05, 0.1) is 17.0 Å². The third-order valence-electron chi connectivity index (χ3n) is 5.76. The summed E-state index contributed by atoms with van der Waals surface area (Å²) in [6.45, 7) is 6.27. The summed E-state index contributed by atoms with van der Waals surface area (Å²) in [5.41, 5.74) is 3.20. The van der Waals surface area contributed by atoms with Crippen LogP contribution in [-0.4, -0.2) is 22.4 Å². The Kier molecular flexibility index (Phi) is 5.26. The van der Waals surface area contributed by atoms with Gasteiger partial charge in [0.1, 0.15) is 17.9 Å². The highest BCUT2D eigenvalue weighted by molar-refractivity contribution is 5.99. The zero-order valence-electron chi connectivity index (χ0n) is 18.2. The van der Waals surface area contributed by atoms with Crippen molar-refractivity contribution in [3.05, 3.63) is 118 Å². The normalized spacial score (nSPS) is 15.0. The van der Waals surface area contributed by atoms with Crippen molar-refractivity contribution in [2.45, 2.75) is 19.5 Å². The lowest BCUT2D eigenvalue weighted by molar-refractivity contribution is 0.0714. The van der Waals surface area contributed by atoms with Gasteiger partial charge in [0.2, 0.25) is 5.76 Å². The summed E-state index contributed by atoms with van der Waals surface area (Å²) in [5.74, 6) is 0.464. The number of pyridine rings is 1. The number of rotatable bonds is 6. The highest BCUT2D eigenvalue weighted by Gasteiger charge is 2.42. The number of aryl methyl sites for hydroxylation is 1. The molecular formula is C27H22N2O4. The fraction of sp³-hybridized carbons (Fsp3) is 0.148. The second-order valence-corrected chi connectivity index (χ2v) is 8.04. The average Bonchev–Trinajstić information content (AvgIpc) is 3.11. The number of nitrogens with zero attached hydrogens (tertiary/aromatic N) is 2. The van der Waals surface area contributed by atoms with Gasteiger partial charge in [-0.3, -0.25) is 14.6 Å². The smallest absolute Gasteiger partial charge is 0.291 e. The lowest BCUT2D eigenvalue weighted by Gasteiger charge is -2.25. The van der Waals surface area contributed by atoms with Gasteiger partial charge in [0, 0.05) is 18.9 Å².